The Morgan fingerprint density at radius 3 is 2.89 bits per heavy atom. The maximum Gasteiger partial charge on any atom is 0.339 e. The molecule has 4 rings (SSSR count). The van der Waals surface area contributed by atoms with Crippen molar-refractivity contribution in [1.29, 1.82) is 0 Å². The van der Waals surface area contributed by atoms with Crippen LogP contribution in [0.1, 0.15) is 21.6 Å². The van der Waals surface area contributed by atoms with Gasteiger partial charge < -0.3 is 10.1 Å². The van der Waals surface area contributed by atoms with E-state index < -0.39 is 12.1 Å². The van der Waals surface area contributed by atoms with E-state index in [1.54, 1.807) is 35.1 Å². The molecule has 0 aliphatic carbocycles. The van der Waals surface area contributed by atoms with Crippen LogP contribution in [-0.4, -0.2) is 27.8 Å². The number of nitrogens with one attached hydrogen (secondary N) is 1. The van der Waals surface area contributed by atoms with Crippen LogP contribution < -0.4 is 5.32 Å². The average molecular weight is 382 g/mol. The molecule has 0 saturated heterocycles. The van der Waals surface area contributed by atoms with Crippen LogP contribution >= 0.6 is 11.6 Å². The second-order valence-electron chi connectivity index (χ2n) is 6.28. The smallest absolute Gasteiger partial charge is 0.339 e. The quantitative estimate of drug-likeness (QED) is 0.704. The summed E-state index contributed by atoms with van der Waals surface area (Å²) in [6.45, 7) is 1.84. The maximum absolute atomic E-state index is 12.6. The summed E-state index contributed by atoms with van der Waals surface area (Å²) in [5, 5.41) is 7.71. The number of cyclic esters (lactones) is 1. The maximum atomic E-state index is 12.6. The Morgan fingerprint density at radius 1 is 1.26 bits per heavy atom. The van der Waals surface area contributed by atoms with E-state index in [1.807, 2.05) is 31.2 Å². The van der Waals surface area contributed by atoms with Crippen molar-refractivity contribution in [2.75, 3.05) is 5.32 Å². The minimum absolute atomic E-state index is 0.342. The molecule has 1 N–H and O–H groups in total. The number of fused-ring (bicyclic) bond motifs is 1. The summed E-state index contributed by atoms with van der Waals surface area (Å²) in [4.78, 5) is 24.7. The van der Waals surface area contributed by atoms with E-state index in [0.717, 1.165) is 16.9 Å². The van der Waals surface area contributed by atoms with Crippen LogP contribution in [-0.2, 0) is 16.0 Å². The molecule has 7 heteroatoms. The molecular formula is C20H16ClN3O3. The molecule has 2 heterocycles. The third kappa shape index (κ3) is 3.31. The lowest BCUT2D eigenvalue weighted by molar-refractivity contribution is -0.125. The Bertz CT molecular complexity index is 1040. The van der Waals surface area contributed by atoms with Gasteiger partial charge in [0, 0.05) is 11.4 Å². The van der Waals surface area contributed by atoms with Crippen LogP contribution in [0.4, 0.5) is 5.69 Å². The molecule has 136 valence electrons. The highest BCUT2D eigenvalue weighted by Gasteiger charge is 2.31. The first-order valence-electron chi connectivity index (χ1n) is 8.43. The molecule has 1 aromatic heterocycles. The number of amides is 1. The van der Waals surface area contributed by atoms with Crippen LogP contribution in [0.5, 0.6) is 0 Å². The highest BCUT2D eigenvalue weighted by molar-refractivity contribution is 6.30. The van der Waals surface area contributed by atoms with Gasteiger partial charge >= 0.3 is 5.97 Å². The summed E-state index contributed by atoms with van der Waals surface area (Å²) >= 11 is 6.04. The zero-order chi connectivity index (χ0) is 19.0. The molecule has 1 amide bonds. The van der Waals surface area contributed by atoms with Gasteiger partial charge in [0.2, 0.25) is 0 Å². The predicted molar refractivity (Wildman–Crippen MR) is 101 cm³/mol. The standard InChI is InChI=1S/C20H16ClN3O3/c1-12-17(11-22-24(12)15-7-4-6-14(21)10-15)23-19(25)18-9-13-5-2-3-8-16(13)20(26)27-18/h2-8,10-11,18H,9H2,1H3,(H,23,25)/t18-/m0/s1. The van der Waals surface area contributed by atoms with Crippen molar-refractivity contribution < 1.29 is 14.3 Å². The Kier molecular flexibility index (Phi) is 4.41. The number of carbonyl (C=O) groups excluding carboxylic acids is 2. The first-order chi connectivity index (χ1) is 13.0. The van der Waals surface area contributed by atoms with E-state index in [0.29, 0.717) is 22.7 Å². The highest BCUT2D eigenvalue weighted by Crippen LogP contribution is 2.24. The molecule has 1 atom stereocenters. The van der Waals surface area contributed by atoms with Gasteiger partial charge in [-0.2, -0.15) is 5.10 Å². The summed E-state index contributed by atoms with van der Waals surface area (Å²) in [7, 11) is 0. The zero-order valence-electron chi connectivity index (χ0n) is 14.5. The summed E-state index contributed by atoms with van der Waals surface area (Å²) in [6.07, 6.45) is 1.03. The lowest BCUT2D eigenvalue weighted by atomic mass is 9.98. The number of benzene rings is 2. The summed E-state index contributed by atoms with van der Waals surface area (Å²) < 4.78 is 6.98. The van der Waals surface area contributed by atoms with Gasteiger partial charge in [-0.25, -0.2) is 9.48 Å². The number of anilines is 1. The second-order valence-corrected chi connectivity index (χ2v) is 6.72. The lowest BCUT2D eigenvalue weighted by Crippen LogP contribution is -2.38. The molecule has 2 aromatic carbocycles. The van der Waals surface area contributed by atoms with Crippen molar-refractivity contribution in [2.24, 2.45) is 0 Å². The molecule has 6 nitrogen and oxygen atoms in total. The molecule has 3 aromatic rings. The van der Waals surface area contributed by atoms with E-state index in [4.69, 9.17) is 16.3 Å². The van der Waals surface area contributed by atoms with E-state index in [1.165, 1.54) is 0 Å². The number of hydrogen-bond acceptors (Lipinski definition) is 4. The molecule has 0 bridgehead atoms. The third-order valence-corrected chi connectivity index (χ3v) is 4.74. The third-order valence-electron chi connectivity index (χ3n) is 4.50. The van der Waals surface area contributed by atoms with Gasteiger partial charge in [-0.15, -0.1) is 0 Å². The van der Waals surface area contributed by atoms with Gasteiger partial charge in [-0.1, -0.05) is 35.9 Å². The monoisotopic (exact) mass is 381 g/mol. The highest BCUT2D eigenvalue weighted by atomic mass is 35.5. The second kappa shape index (κ2) is 6.89. The van der Waals surface area contributed by atoms with Crippen molar-refractivity contribution >= 4 is 29.2 Å². The van der Waals surface area contributed by atoms with Gasteiger partial charge in [0.1, 0.15) is 0 Å². The van der Waals surface area contributed by atoms with Crippen LogP contribution in [0.25, 0.3) is 5.69 Å². The first-order valence-corrected chi connectivity index (χ1v) is 8.81. The normalized spacial score (nSPS) is 15.8. The number of esters is 1. The number of hydrogen-bond donors (Lipinski definition) is 1. The average Bonchev–Trinajstić information content (AvgIpc) is 3.02. The van der Waals surface area contributed by atoms with Gasteiger partial charge in [-0.05, 0) is 36.8 Å². The molecule has 0 spiro atoms. The van der Waals surface area contributed by atoms with Gasteiger partial charge in [0.25, 0.3) is 5.91 Å². The molecule has 0 radical (unpaired) electrons. The van der Waals surface area contributed by atoms with Crippen molar-refractivity contribution in [3.8, 4) is 5.69 Å². The first kappa shape index (κ1) is 17.3. The number of ether oxygens (including phenoxy) is 1. The van der Waals surface area contributed by atoms with E-state index in [9.17, 15) is 9.59 Å². The minimum atomic E-state index is -0.874. The van der Waals surface area contributed by atoms with E-state index in [2.05, 4.69) is 10.4 Å². The summed E-state index contributed by atoms with van der Waals surface area (Å²) in [5.41, 5.74) is 3.40. The molecule has 27 heavy (non-hydrogen) atoms. The van der Waals surface area contributed by atoms with Crippen LogP contribution in [0.3, 0.4) is 0 Å². The summed E-state index contributed by atoms with van der Waals surface area (Å²) in [6, 6.07) is 14.4. The van der Waals surface area contributed by atoms with Crippen LogP contribution in [0.2, 0.25) is 5.02 Å². The summed E-state index contributed by atoms with van der Waals surface area (Å²) in [5.74, 6) is -0.866. The molecular weight excluding hydrogens is 366 g/mol. The number of rotatable bonds is 3. The van der Waals surface area contributed by atoms with E-state index in [-0.39, 0.29) is 5.91 Å². The Hall–Kier alpha value is -3.12. The molecule has 1 aliphatic rings. The van der Waals surface area contributed by atoms with Crippen molar-refractivity contribution in [2.45, 2.75) is 19.4 Å². The molecule has 1 aliphatic heterocycles. The largest absolute Gasteiger partial charge is 0.448 e. The van der Waals surface area contributed by atoms with Crippen molar-refractivity contribution in [3.63, 3.8) is 0 Å². The Balaban J connectivity index is 1.54. The number of carbonyl (C=O) groups is 2. The molecule has 0 fully saturated rings. The fraction of sp³-hybridized carbons (Fsp3) is 0.150. The van der Waals surface area contributed by atoms with Crippen LogP contribution in [0.15, 0.2) is 54.7 Å². The van der Waals surface area contributed by atoms with Gasteiger partial charge in [-0.3, -0.25) is 4.79 Å². The fourth-order valence-electron chi connectivity index (χ4n) is 3.09. The van der Waals surface area contributed by atoms with Crippen LogP contribution in [0, 0.1) is 6.92 Å². The molecule has 0 saturated carbocycles. The van der Waals surface area contributed by atoms with Gasteiger partial charge in [0.05, 0.1) is 28.8 Å². The minimum Gasteiger partial charge on any atom is -0.448 e. The lowest BCUT2D eigenvalue weighted by Gasteiger charge is -2.23. The topological polar surface area (TPSA) is 73.2 Å². The Morgan fingerprint density at radius 2 is 2.07 bits per heavy atom. The van der Waals surface area contributed by atoms with Gasteiger partial charge in [0.15, 0.2) is 6.10 Å². The molecule has 0 unspecified atom stereocenters. The number of aromatic nitrogens is 2. The van der Waals surface area contributed by atoms with E-state index >= 15 is 0 Å². The number of halogens is 1. The Labute approximate surface area is 160 Å². The SMILES string of the molecule is Cc1c(NC(=O)[C@@H]2Cc3ccccc3C(=O)O2)cnn1-c1cccc(Cl)c1. The van der Waals surface area contributed by atoms with Crippen molar-refractivity contribution in [3.05, 3.63) is 76.6 Å². The zero-order valence-corrected chi connectivity index (χ0v) is 15.2. The number of nitrogens with zero attached hydrogens (tertiary/aromatic N) is 2. The van der Waals surface area contributed by atoms with Crippen molar-refractivity contribution in [1.82, 2.24) is 9.78 Å². The predicted octanol–water partition coefficient (Wildman–Crippen LogP) is 3.55. The fourth-order valence-corrected chi connectivity index (χ4v) is 3.28.